The predicted molar refractivity (Wildman–Crippen MR) is 83.2 cm³/mol. The van der Waals surface area contributed by atoms with Crippen LogP contribution >= 0.6 is 0 Å². The van der Waals surface area contributed by atoms with E-state index in [1.165, 1.54) is 12.1 Å². The molecule has 1 aliphatic rings. The summed E-state index contributed by atoms with van der Waals surface area (Å²) in [7, 11) is -3.46. The number of nitrogens with one attached hydrogen (secondary N) is 2. The number of carbonyl (C=O) groups is 1. The van der Waals surface area contributed by atoms with E-state index < -0.39 is 16.1 Å². The van der Waals surface area contributed by atoms with Gasteiger partial charge in [0, 0.05) is 12.1 Å². The van der Waals surface area contributed by atoms with Crippen LogP contribution in [0.3, 0.4) is 0 Å². The summed E-state index contributed by atoms with van der Waals surface area (Å²) in [5, 5.41) is 2.76. The molecule has 0 saturated heterocycles. The number of sulfonamides is 1. The lowest BCUT2D eigenvalue weighted by Crippen LogP contribution is -2.40. The fourth-order valence-electron chi connectivity index (χ4n) is 1.85. The molecule has 2 rings (SSSR count). The van der Waals surface area contributed by atoms with Gasteiger partial charge in [0.15, 0.2) is 6.10 Å². The molecule has 0 unspecified atom stereocenters. The molecule has 0 heterocycles. The lowest BCUT2D eigenvalue weighted by atomic mass is 10.3. The molecule has 0 aromatic heterocycles. The first kappa shape index (κ1) is 16.8. The minimum absolute atomic E-state index is 0.0413. The maximum Gasteiger partial charge on any atom is 0.260 e. The van der Waals surface area contributed by atoms with Crippen molar-refractivity contribution >= 4 is 15.9 Å². The maximum atomic E-state index is 12.0. The van der Waals surface area contributed by atoms with Crippen molar-refractivity contribution in [1.29, 1.82) is 0 Å². The molecule has 1 aromatic carbocycles. The van der Waals surface area contributed by atoms with E-state index in [-0.39, 0.29) is 22.9 Å². The quantitative estimate of drug-likeness (QED) is 0.793. The van der Waals surface area contributed by atoms with Crippen LogP contribution in [0.4, 0.5) is 0 Å². The highest BCUT2D eigenvalue weighted by Gasteiger charge is 2.28. The Hall–Kier alpha value is -1.60. The molecule has 1 aliphatic carbocycles. The Morgan fingerprint density at radius 3 is 2.27 bits per heavy atom. The monoisotopic (exact) mass is 326 g/mol. The van der Waals surface area contributed by atoms with E-state index in [9.17, 15) is 13.2 Å². The number of benzene rings is 1. The molecule has 1 amide bonds. The van der Waals surface area contributed by atoms with Crippen LogP contribution in [-0.4, -0.2) is 32.5 Å². The molecule has 1 atom stereocenters. The van der Waals surface area contributed by atoms with E-state index in [2.05, 4.69) is 10.0 Å². The highest BCUT2D eigenvalue weighted by Crippen LogP contribution is 2.23. The normalized spacial score (nSPS) is 16.4. The highest BCUT2D eigenvalue weighted by molar-refractivity contribution is 7.89. The summed E-state index contributed by atoms with van der Waals surface area (Å²) >= 11 is 0. The first-order chi connectivity index (χ1) is 10.3. The highest BCUT2D eigenvalue weighted by atomic mass is 32.2. The Bertz CT molecular complexity index is 621. The lowest BCUT2D eigenvalue weighted by Gasteiger charge is -2.16. The molecular formula is C15H22N2O4S. The Labute approximate surface area is 131 Å². The lowest BCUT2D eigenvalue weighted by molar-refractivity contribution is -0.127. The number of amides is 1. The second kappa shape index (κ2) is 6.66. The molecule has 0 aliphatic heterocycles. The van der Waals surface area contributed by atoms with E-state index in [4.69, 9.17) is 4.74 Å². The van der Waals surface area contributed by atoms with Crippen molar-refractivity contribution in [2.75, 3.05) is 0 Å². The van der Waals surface area contributed by atoms with Gasteiger partial charge in [-0.25, -0.2) is 13.1 Å². The summed E-state index contributed by atoms with van der Waals surface area (Å²) in [5.41, 5.74) is 0. The molecular weight excluding hydrogens is 304 g/mol. The van der Waals surface area contributed by atoms with Gasteiger partial charge >= 0.3 is 0 Å². The van der Waals surface area contributed by atoms with Crippen molar-refractivity contribution < 1.29 is 17.9 Å². The second-order valence-electron chi connectivity index (χ2n) is 5.79. The van der Waals surface area contributed by atoms with Crippen LogP contribution in [0.2, 0.25) is 0 Å². The van der Waals surface area contributed by atoms with Gasteiger partial charge in [0.1, 0.15) is 5.75 Å². The van der Waals surface area contributed by atoms with Crippen LogP contribution in [-0.2, 0) is 14.8 Å². The Kier molecular flexibility index (Phi) is 5.08. The van der Waals surface area contributed by atoms with Crippen molar-refractivity contribution in [1.82, 2.24) is 10.0 Å². The first-order valence-electron chi connectivity index (χ1n) is 7.37. The summed E-state index contributed by atoms with van der Waals surface area (Å²) in [6, 6.07) is 6.18. The first-order valence-corrected chi connectivity index (χ1v) is 8.85. The largest absolute Gasteiger partial charge is 0.481 e. The number of hydrogen-bond donors (Lipinski definition) is 2. The Morgan fingerprint density at radius 2 is 1.77 bits per heavy atom. The van der Waals surface area contributed by atoms with Gasteiger partial charge < -0.3 is 10.1 Å². The number of hydrogen-bond acceptors (Lipinski definition) is 4. The number of carbonyl (C=O) groups excluding carboxylic acids is 1. The third-order valence-corrected chi connectivity index (χ3v) is 4.68. The standard InChI is InChI=1S/C15H22N2O4S/c1-10(2)16-15(18)11(3)21-13-6-8-14(9-7-13)22(19,20)17-12-4-5-12/h6-12,17H,4-5H2,1-3H3,(H,16,18)/t11-/m0/s1. The summed E-state index contributed by atoms with van der Waals surface area (Å²) in [5.74, 6) is 0.249. The minimum Gasteiger partial charge on any atom is -0.481 e. The fourth-order valence-corrected chi connectivity index (χ4v) is 3.15. The summed E-state index contributed by atoms with van der Waals surface area (Å²) in [6.07, 6.45) is 1.14. The van der Waals surface area contributed by atoms with E-state index in [0.29, 0.717) is 5.75 Å². The summed E-state index contributed by atoms with van der Waals surface area (Å²) in [4.78, 5) is 12.0. The molecule has 6 nitrogen and oxygen atoms in total. The van der Waals surface area contributed by atoms with Crippen LogP contribution in [0.1, 0.15) is 33.6 Å². The van der Waals surface area contributed by atoms with E-state index >= 15 is 0 Å². The molecule has 22 heavy (non-hydrogen) atoms. The van der Waals surface area contributed by atoms with Crippen molar-refractivity contribution in [3.8, 4) is 5.75 Å². The SMILES string of the molecule is CC(C)NC(=O)[C@H](C)Oc1ccc(S(=O)(=O)NC2CC2)cc1. The molecule has 122 valence electrons. The molecule has 7 heteroatoms. The van der Waals surface area contributed by atoms with Crippen LogP contribution < -0.4 is 14.8 Å². The molecule has 0 bridgehead atoms. The molecule has 1 aromatic rings. The third kappa shape index (κ3) is 4.71. The Balaban J connectivity index is 1.98. The molecule has 0 radical (unpaired) electrons. The van der Waals surface area contributed by atoms with Crippen molar-refractivity contribution in [3.63, 3.8) is 0 Å². The summed E-state index contributed by atoms with van der Waals surface area (Å²) in [6.45, 7) is 5.39. The molecule has 2 N–H and O–H groups in total. The van der Waals surface area contributed by atoms with Crippen molar-refractivity contribution in [3.05, 3.63) is 24.3 Å². The van der Waals surface area contributed by atoms with E-state index in [1.54, 1.807) is 19.1 Å². The zero-order valence-corrected chi connectivity index (χ0v) is 13.8. The maximum absolute atomic E-state index is 12.0. The molecule has 1 saturated carbocycles. The van der Waals surface area contributed by atoms with Crippen LogP contribution in [0.15, 0.2) is 29.2 Å². The van der Waals surface area contributed by atoms with Gasteiger partial charge in [0.05, 0.1) is 4.90 Å². The average Bonchev–Trinajstić information content (AvgIpc) is 3.21. The average molecular weight is 326 g/mol. The van der Waals surface area contributed by atoms with Crippen LogP contribution in [0.25, 0.3) is 0 Å². The second-order valence-corrected chi connectivity index (χ2v) is 7.50. The topological polar surface area (TPSA) is 84.5 Å². The zero-order chi connectivity index (χ0) is 16.3. The van der Waals surface area contributed by atoms with Crippen molar-refractivity contribution in [2.45, 2.75) is 56.7 Å². The predicted octanol–water partition coefficient (Wildman–Crippen LogP) is 1.42. The minimum atomic E-state index is -3.46. The summed E-state index contributed by atoms with van der Waals surface area (Å²) < 4.78 is 32.2. The van der Waals surface area contributed by atoms with Gasteiger partial charge in [0.2, 0.25) is 10.0 Å². The third-order valence-electron chi connectivity index (χ3n) is 3.15. The van der Waals surface area contributed by atoms with Gasteiger partial charge in [-0.15, -0.1) is 0 Å². The van der Waals surface area contributed by atoms with Gasteiger partial charge in [-0.3, -0.25) is 4.79 Å². The molecule has 0 spiro atoms. The van der Waals surface area contributed by atoms with Gasteiger partial charge in [-0.05, 0) is 57.9 Å². The Morgan fingerprint density at radius 1 is 1.18 bits per heavy atom. The van der Waals surface area contributed by atoms with E-state index in [1.807, 2.05) is 13.8 Å². The molecule has 1 fully saturated rings. The zero-order valence-electron chi connectivity index (χ0n) is 13.0. The van der Waals surface area contributed by atoms with E-state index in [0.717, 1.165) is 12.8 Å². The number of ether oxygens (including phenoxy) is 1. The number of rotatable bonds is 7. The van der Waals surface area contributed by atoms with Crippen LogP contribution in [0.5, 0.6) is 5.75 Å². The van der Waals surface area contributed by atoms with Gasteiger partial charge in [-0.1, -0.05) is 0 Å². The smallest absolute Gasteiger partial charge is 0.260 e. The van der Waals surface area contributed by atoms with Gasteiger partial charge in [0.25, 0.3) is 5.91 Å². The van der Waals surface area contributed by atoms with Crippen LogP contribution in [0, 0.1) is 0 Å². The fraction of sp³-hybridized carbons (Fsp3) is 0.533. The van der Waals surface area contributed by atoms with Gasteiger partial charge in [-0.2, -0.15) is 0 Å². The van der Waals surface area contributed by atoms with Crippen molar-refractivity contribution in [2.24, 2.45) is 0 Å².